The third-order valence-corrected chi connectivity index (χ3v) is 4.71. The molecule has 3 aromatic rings. The molecule has 1 N–H and O–H groups in total. The number of ether oxygens (including phenoxy) is 2. The van der Waals surface area contributed by atoms with E-state index in [0.29, 0.717) is 26.7 Å². The van der Waals surface area contributed by atoms with Crippen molar-refractivity contribution < 1.29 is 14.3 Å². The summed E-state index contributed by atoms with van der Waals surface area (Å²) in [4.78, 5) is 12.3. The molecule has 2 aromatic heterocycles. The topological polar surface area (TPSA) is 91.2 Å². The van der Waals surface area contributed by atoms with Gasteiger partial charge in [0, 0.05) is 11.8 Å². The number of aromatic nitrogens is 4. The van der Waals surface area contributed by atoms with Crippen molar-refractivity contribution in [2.75, 3.05) is 19.5 Å². The smallest absolute Gasteiger partial charge is 0.250 e. The number of amides is 1. The molecule has 0 saturated carbocycles. The van der Waals surface area contributed by atoms with Crippen molar-refractivity contribution in [3.05, 3.63) is 35.6 Å². The number of carbonyl (C=O) groups excluding carboxylic acids is 1. The van der Waals surface area contributed by atoms with Crippen LogP contribution in [-0.2, 0) is 4.79 Å². The fraction of sp³-hybridized carbons (Fsp3) is 0.250. The Kier molecular flexibility index (Phi) is 5.38. The second kappa shape index (κ2) is 7.71. The van der Waals surface area contributed by atoms with Crippen molar-refractivity contribution in [3.63, 3.8) is 0 Å². The van der Waals surface area contributed by atoms with Gasteiger partial charge < -0.3 is 9.47 Å². The van der Waals surface area contributed by atoms with Gasteiger partial charge in [-0.05, 0) is 25.1 Å². The quantitative estimate of drug-likeness (QED) is 0.691. The highest BCUT2D eigenvalue weighted by molar-refractivity contribution is 7.18. The third kappa shape index (κ3) is 3.78. The summed E-state index contributed by atoms with van der Waals surface area (Å²) in [5.74, 6) is 0.954. The molecule has 136 valence electrons. The largest absolute Gasteiger partial charge is 0.493 e. The van der Waals surface area contributed by atoms with Gasteiger partial charge in [0.1, 0.15) is 11.0 Å². The Labute approximate surface area is 158 Å². The molecule has 0 radical (unpaired) electrons. The van der Waals surface area contributed by atoms with Gasteiger partial charge >= 0.3 is 0 Å². The van der Waals surface area contributed by atoms with Crippen molar-refractivity contribution >= 4 is 34.0 Å². The Morgan fingerprint density at radius 2 is 2.04 bits per heavy atom. The summed E-state index contributed by atoms with van der Waals surface area (Å²) in [5.41, 5.74) is 0.813. The number of hydrogen-bond acceptors (Lipinski definition) is 7. The molecule has 2 heterocycles. The minimum Gasteiger partial charge on any atom is -0.493 e. The lowest BCUT2D eigenvalue weighted by Gasteiger charge is -2.10. The van der Waals surface area contributed by atoms with Crippen molar-refractivity contribution in [3.8, 4) is 22.1 Å². The monoisotopic (exact) mass is 393 g/mol. The van der Waals surface area contributed by atoms with E-state index in [-0.39, 0.29) is 5.91 Å². The first-order valence-electron chi connectivity index (χ1n) is 7.58. The van der Waals surface area contributed by atoms with E-state index in [1.807, 2.05) is 6.07 Å². The Bertz CT molecular complexity index is 926. The molecule has 1 aromatic carbocycles. The first-order chi connectivity index (χ1) is 12.5. The van der Waals surface area contributed by atoms with Gasteiger partial charge in [0.05, 0.1) is 25.4 Å². The minimum absolute atomic E-state index is 0.264. The van der Waals surface area contributed by atoms with Gasteiger partial charge in [-0.15, -0.1) is 10.2 Å². The Balaban J connectivity index is 1.74. The molecule has 3 rings (SSSR count). The Morgan fingerprint density at radius 1 is 1.27 bits per heavy atom. The van der Waals surface area contributed by atoms with Crippen LogP contribution in [0, 0.1) is 0 Å². The van der Waals surface area contributed by atoms with Crippen molar-refractivity contribution in [1.82, 2.24) is 20.0 Å². The Hall–Kier alpha value is -2.65. The van der Waals surface area contributed by atoms with E-state index >= 15 is 0 Å². The van der Waals surface area contributed by atoms with Crippen LogP contribution in [0.3, 0.4) is 0 Å². The summed E-state index contributed by atoms with van der Waals surface area (Å²) in [6.45, 7) is 1.72. The number of nitrogens with one attached hydrogen (secondary N) is 1. The maximum absolute atomic E-state index is 12.3. The van der Waals surface area contributed by atoms with Gasteiger partial charge in [0.2, 0.25) is 5.13 Å². The lowest BCUT2D eigenvalue weighted by molar-refractivity contribution is -0.119. The average molecular weight is 394 g/mol. The average Bonchev–Trinajstić information content (AvgIpc) is 3.29. The fourth-order valence-electron chi connectivity index (χ4n) is 2.22. The minimum atomic E-state index is -0.532. The van der Waals surface area contributed by atoms with Gasteiger partial charge in [0.25, 0.3) is 5.91 Å². The molecule has 0 saturated heterocycles. The van der Waals surface area contributed by atoms with Crippen LogP contribution in [0.25, 0.3) is 10.6 Å². The molecule has 0 unspecified atom stereocenters. The highest BCUT2D eigenvalue weighted by Gasteiger charge is 2.18. The van der Waals surface area contributed by atoms with E-state index in [1.54, 1.807) is 39.5 Å². The van der Waals surface area contributed by atoms with Gasteiger partial charge in [0.15, 0.2) is 11.5 Å². The molecular formula is C16H16ClN5O3S. The van der Waals surface area contributed by atoms with Crippen LogP contribution >= 0.6 is 22.9 Å². The van der Waals surface area contributed by atoms with Crippen molar-refractivity contribution in [2.45, 2.75) is 13.0 Å². The number of anilines is 1. The van der Waals surface area contributed by atoms with Crippen LogP contribution in [0.1, 0.15) is 13.0 Å². The van der Waals surface area contributed by atoms with Crippen LogP contribution < -0.4 is 14.8 Å². The molecule has 1 amide bonds. The molecule has 0 bridgehead atoms. The third-order valence-electron chi connectivity index (χ3n) is 3.63. The molecular weight excluding hydrogens is 378 g/mol. The second-order valence-electron chi connectivity index (χ2n) is 5.29. The van der Waals surface area contributed by atoms with Crippen LogP contribution in [0.4, 0.5) is 5.13 Å². The highest BCUT2D eigenvalue weighted by Crippen LogP contribution is 2.34. The summed E-state index contributed by atoms with van der Waals surface area (Å²) in [5, 5.41) is 16.4. The van der Waals surface area contributed by atoms with Gasteiger partial charge in [-0.2, -0.15) is 5.10 Å². The number of rotatable bonds is 6. The van der Waals surface area contributed by atoms with Gasteiger partial charge in [-0.3, -0.25) is 14.8 Å². The predicted molar refractivity (Wildman–Crippen MR) is 99.0 cm³/mol. The summed E-state index contributed by atoms with van der Waals surface area (Å²) >= 11 is 7.09. The summed E-state index contributed by atoms with van der Waals surface area (Å²) in [6, 6.07) is 4.91. The lowest BCUT2D eigenvalue weighted by Crippen LogP contribution is -2.23. The zero-order valence-electron chi connectivity index (χ0n) is 14.3. The molecule has 0 fully saturated rings. The van der Waals surface area contributed by atoms with Gasteiger partial charge in [-0.25, -0.2) is 0 Å². The van der Waals surface area contributed by atoms with Crippen LogP contribution in [0.2, 0.25) is 5.02 Å². The number of methoxy groups -OCH3 is 2. The number of halogens is 1. The summed E-state index contributed by atoms with van der Waals surface area (Å²) in [6.07, 6.45) is 3.06. The maximum Gasteiger partial charge on any atom is 0.250 e. The van der Waals surface area contributed by atoms with E-state index < -0.39 is 6.04 Å². The van der Waals surface area contributed by atoms with E-state index in [4.69, 9.17) is 21.1 Å². The molecule has 0 aliphatic carbocycles. The molecule has 26 heavy (non-hydrogen) atoms. The number of hydrogen-bond donors (Lipinski definition) is 1. The van der Waals surface area contributed by atoms with E-state index in [9.17, 15) is 4.79 Å². The molecule has 0 spiro atoms. The van der Waals surface area contributed by atoms with Gasteiger partial charge in [-0.1, -0.05) is 22.9 Å². The molecule has 1 atom stereocenters. The fourth-order valence-corrected chi connectivity index (χ4v) is 3.10. The second-order valence-corrected chi connectivity index (χ2v) is 6.70. The van der Waals surface area contributed by atoms with E-state index in [1.165, 1.54) is 22.2 Å². The van der Waals surface area contributed by atoms with Crippen LogP contribution in [0.15, 0.2) is 30.6 Å². The lowest BCUT2D eigenvalue weighted by atomic mass is 10.2. The zero-order chi connectivity index (χ0) is 18.7. The van der Waals surface area contributed by atoms with E-state index in [0.717, 1.165) is 5.56 Å². The summed E-state index contributed by atoms with van der Waals surface area (Å²) in [7, 11) is 3.14. The highest BCUT2D eigenvalue weighted by atomic mass is 35.5. The van der Waals surface area contributed by atoms with Crippen molar-refractivity contribution in [1.29, 1.82) is 0 Å². The van der Waals surface area contributed by atoms with Crippen molar-refractivity contribution in [2.24, 2.45) is 0 Å². The Morgan fingerprint density at radius 3 is 2.69 bits per heavy atom. The predicted octanol–water partition coefficient (Wildman–Crippen LogP) is 3.27. The maximum atomic E-state index is 12.3. The number of nitrogens with zero attached hydrogens (tertiary/aromatic N) is 4. The zero-order valence-corrected chi connectivity index (χ0v) is 15.8. The standard InChI is InChI=1S/C16H16ClN5O3S/c1-9(22-8-11(17)7-18-22)14(23)19-16-21-20-15(26-16)10-4-5-12(24-2)13(6-10)25-3/h4-9H,1-3H3,(H,19,21,23)/t9-/m1/s1. The SMILES string of the molecule is COc1ccc(-c2nnc(NC(=O)[C@@H](C)n3cc(Cl)cn3)s2)cc1OC. The van der Waals surface area contributed by atoms with E-state index in [2.05, 4.69) is 20.6 Å². The molecule has 8 nitrogen and oxygen atoms in total. The number of benzene rings is 1. The number of carbonyl (C=O) groups is 1. The van der Waals surface area contributed by atoms with Crippen LogP contribution in [0.5, 0.6) is 11.5 Å². The first-order valence-corrected chi connectivity index (χ1v) is 8.77. The first kappa shape index (κ1) is 18.2. The molecule has 0 aliphatic heterocycles. The summed E-state index contributed by atoms with van der Waals surface area (Å²) < 4.78 is 12.0. The normalized spacial score (nSPS) is 11.8. The molecule has 10 heteroatoms. The molecule has 0 aliphatic rings. The van der Waals surface area contributed by atoms with Crippen LogP contribution in [-0.4, -0.2) is 40.1 Å².